The van der Waals surface area contributed by atoms with E-state index in [4.69, 9.17) is 4.74 Å². The predicted molar refractivity (Wildman–Crippen MR) is 97.2 cm³/mol. The summed E-state index contributed by atoms with van der Waals surface area (Å²) >= 11 is 0. The van der Waals surface area contributed by atoms with Crippen LogP contribution in [0, 0.1) is 0 Å². The van der Waals surface area contributed by atoms with Crippen molar-refractivity contribution in [2.45, 2.75) is 33.3 Å². The summed E-state index contributed by atoms with van der Waals surface area (Å²) < 4.78 is 33.4. The number of carbonyl (C=O) groups excluding carboxylic acids is 2. The van der Waals surface area contributed by atoms with Gasteiger partial charge in [0.05, 0.1) is 5.56 Å². The number of para-hydroxylation sites is 1. The monoisotopic (exact) mass is 377 g/mol. The summed E-state index contributed by atoms with van der Waals surface area (Å²) in [5.41, 5.74) is 2.89. The molecule has 2 aromatic rings. The van der Waals surface area contributed by atoms with Gasteiger partial charge in [0.15, 0.2) is 6.61 Å². The highest BCUT2D eigenvalue weighted by Gasteiger charge is 2.14. The van der Waals surface area contributed by atoms with Gasteiger partial charge in [0.25, 0.3) is 5.91 Å². The highest BCUT2D eigenvalue weighted by Crippen LogP contribution is 2.22. The molecule has 0 atom stereocenters. The molecule has 27 heavy (non-hydrogen) atoms. The topological polar surface area (TPSA) is 64.6 Å². The van der Waals surface area contributed by atoms with Crippen molar-refractivity contribution < 1.29 is 27.8 Å². The maximum atomic E-state index is 12.2. The number of ether oxygens (including phenoxy) is 2. The van der Waals surface area contributed by atoms with E-state index < -0.39 is 25.1 Å². The van der Waals surface area contributed by atoms with E-state index in [1.54, 1.807) is 0 Å². The Kier molecular flexibility index (Phi) is 7.28. The van der Waals surface area contributed by atoms with Gasteiger partial charge in [0, 0.05) is 5.69 Å². The Morgan fingerprint density at radius 2 is 1.59 bits per heavy atom. The molecule has 7 heteroatoms. The Morgan fingerprint density at radius 1 is 1.00 bits per heavy atom. The molecule has 1 N–H and O–H groups in total. The van der Waals surface area contributed by atoms with Gasteiger partial charge in [-0.3, -0.25) is 4.79 Å². The first-order valence-electron chi connectivity index (χ1n) is 8.57. The van der Waals surface area contributed by atoms with Crippen LogP contribution in [0.1, 0.15) is 35.3 Å². The molecule has 0 spiro atoms. The third kappa shape index (κ3) is 5.77. The maximum absolute atomic E-state index is 12.2. The van der Waals surface area contributed by atoms with Crippen LogP contribution in [0.3, 0.4) is 0 Å². The third-order valence-electron chi connectivity index (χ3n) is 3.91. The summed E-state index contributed by atoms with van der Waals surface area (Å²) in [6.07, 6.45) is 1.52. The van der Waals surface area contributed by atoms with Crippen LogP contribution in [-0.2, 0) is 22.4 Å². The number of anilines is 1. The summed E-state index contributed by atoms with van der Waals surface area (Å²) in [4.78, 5) is 24.2. The van der Waals surface area contributed by atoms with E-state index in [9.17, 15) is 18.4 Å². The average molecular weight is 377 g/mol. The fourth-order valence-corrected chi connectivity index (χ4v) is 2.57. The Bertz CT molecular complexity index is 769. The number of amides is 1. The summed E-state index contributed by atoms with van der Waals surface area (Å²) in [6, 6.07) is 10.9. The lowest BCUT2D eigenvalue weighted by atomic mass is 10.0. The van der Waals surface area contributed by atoms with Gasteiger partial charge < -0.3 is 14.8 Å². The van der Waals surface area contributed by atoms with Crippen molar-refractivity contribution in [2.75, 3.05) is 11.9 Å². The van der Waals surface area contributed by atoms with Crippen molar-refractivity contribution in [2.24, 2.45) is 0 Å². The standard InChI is InChI=1S/C20H21F2NO4/c1-3-13-6-5-7-14(4-2)18(13)23-17(24)12-26-19(25)15-8-10-16(11-9-15)27-20(21)22/h5-11,20H,3-4,12H2,1-2H3,(H,23,24). The zero-order valence-corrected chi connectivity index (χ0v) is 15.1. The Balaban J connectivity index is 1.95. The van der Waals surface area contributed by atoms with E-state index in [1.807, 2.05) is 32.0 Å². The summed E-state index contributed by atoms with van der Waals surface area (Å²) in [6.45, 7) is 0.595. The third-order valence-corrected chi connectivity index (χ3v) is 3.91. The Hall–Kier alpha value is -2.96. The molecule has 0 saturated heterocycles. The van der Waals surface area contributed by atoms with Crippen LogP contribution in [0.4, 0.5) is 14.5 Å². The van der Waals surface area contributed by atoms with Crippen molar-refractivity contribution in [1.82, 2.24) is 0 Å². The molecular weight excluding hydrogens is 356 g/mol. The molecule has 0 unspecified atom stereocenters. The molecule has 0 saturated carbocycles. The van der Waals surface area contributed by atoms with E-state index in [2.05, 4.69) is 10.1 Å². The lowest BCUT2D eigenvalue weighted by molar-refractivity contribution is -0.119. The van der Waals surface area contributed by atoms with E-state index in [0.29, 0.717) is 0 Å². The van der Waals surface area contributed by atoms with E-state index >= 15 is 0 Å². The second-order valence-corrected chi connectivity index (χ2v) is 5.69. The number of esters is 1. The second kappa shape index (κ2) is 9.66. The molecule has 0 aliphatic heterocycles. The van der Waals surface area contributed by atoms with Crippen LogP contribution in [0.5, 0.6) is 5.75 Å². The van der Waals surface area contributed by atoms with Crippen molar-refractivity contribution in [3.05, 3.63) is 59.2 Å². The summed E-state index contributed by atoms with van der Waals surface area (Å²) in [5.74, 6) is -1.24. The Morgan fingerprint density at radius 3 is 2.11 bits per heavy atom. The SMILES string of the molecule is CCc1cccc(CC)c1NC(=O)COC(=O)c1ccc(OC(F)F)cc1. The maximum Gasteiger partial charge on any atom is 0.387 e. The first-order chi connectivity index (χ1) is 12.9. The number of halogens is 2. The molecule has 0 bridgehead atoms. The molecule has 0 fully saturated rings. The number of aryl methyl sites for hydroxylation is 2. The average Bonchev–Trinajstić information content (AvgIpc) is 2.66. The van der Waals surface area contributed by atoms with Crippen molar-refractivity contribution in [1.29, 1.82) is 0 Å². The van der Waals surface area contributed by atoms with Gasteiger partial charge in [-0.15, -0.1) is 0 Å². The van der Waals surface area contributed by atoms with Gasteiger partial charge in [-0.25, -0.2) is 4.79 Å². The van der Waals surface area contributed by atoms with Crippen molar-refractivity contribution in [3.63, 3.8) is 0 Å². The van der Waals surface area contributed by atoms with Gasteiger partial charge in [-0.05, 0) is 48.2 Å². The van der Waals surface area contributed by atoms with Gasteiger partial charge in [0.1, 0.15) is 5.75 Å². The van der Waals surface area contributed by atoms with Crippen LogP contribution in [0.25, 0.3) is 0 Å². The molecule has 5 nitrogen and oxygen atoms in total. The van der Waals surface area contributed by atoms with Crippen molar-refractivity contribution >= 4 is 17.6 Å². The first-order valence-corrected chi connectivity index (χ1v) is 8.57. The fourth-order valence-electron chi connectivity index (χ4n) is 2.57. The Labute approximate surface area is 156 Å². The van der Waals surface area contributed by atoms with Gasteiger partial charge in [-0.2, -0.15) is 8.78 Å². The lowest BCUT2D eigenvalue weighted by Crippen LogP contribution is -2.22. The van der Waals surface area contributed by atoms with Crippen molar-refractivity contribution in [3.8, 4) is 5.75 Å². The summed E-state index contributed by atoms with van der Waals surface area (Å²) in [5, 5.41) is 2.80. The molecule has 2 aromatic carbocycles. The van der Waals surface area contributed by atoms with Crippen LogP contribution in [-0.4, -0.2) is 25.1 Å². The molecule has 144 valence electrons. The number of alkyl halides is 2. The van der Waals surface area contributed by atoms with E-state index in [0.717, 1.165) is 29.7 Å². The molecule has 0 aromatic heterocycles. The fraction of sp³-hybridized carbons (Fsp3) is 0.300. The molecule has 0 radical (unpaired) electrons. The van der Waals surface area contributed by atoms with Crippen LogP contribution < -0.4 is 10.1 Å². The van der Waals surface area contributed by atoms with Gasteiger partial charge >= 0.3 is 12.6 Å². The number of hydrogen-bond donors (Lipinski definition) is 1. The quantitative estimate of drug-likeness (QED) is 0.700. The molecular formula is C20H21F2NO4. The first kappa shape index (κ1) is 20.4. The normalized spacial score (nSPS) is 10.6. The van der Waals surface area contributed by atoms with Gasteiger partial charge in [-0.1, -0.05) is 32.0 Å². The number of hydrogen-bond acceptors (Lipinski definition) is 4. The largest absolute Gasteiger partial charge is 0.452 e. The highest BCUT2D eigenvalue weighted by molar-refractivity contribution is 5.96. The molecule has 1 amide bonds. The van der Waals surface area contributed by atoms with E-state index in [1.165, 1.54) is 24.3 Å². The minimum atomic E-state index is -2.94. The summed E-state index contributed by atoms with van der Waals surface area (Å²) in [7, 11) is 0. The number of carbonyl (C=O) groups is 2. The molecule has 0 aliphatic carbocycles. The van der Waals surface area contributed by atoms with Gasteiger partial charge in [0.2, 0.25) is 0 Å². The number of rotatable bonds is 8. The second-order valence-electron chi connectivity index (χ2n) is 5.69. The van der Waals surface area contributed by atoms with Crippen LogP contribution in [0.15, 0.2) is 42.5 Å². The number of nitrogens with one attached hydrogen (secondary N) is 1. The lowest BCUT2D eigenvalue weighted by Gasteiger charge is -2.14. The highest BCUT2D eigenvalue weighted by atomic mass is 19.3. The molecule has 0 aliphatic rings. The zero-order chi connectivity index (χ0) is 19.8. The van der Waals surface area contributed by atoms with Crippen LogP contribution in [0.2, 0.25) is 0 Å². The zero-order valence-electron chi connectivity index (χ0n) is 15.1. The van der Waals surface area contributed by atoms with E-state index in [-0.39, 0.29) is 11.3 Å². The minimum absolute atomic E-state index is 0.0671. The minimum Gasteiger partial charge on any atom is -0.452 e. The number of benzene rings is 2. The predicted octanol–water partition coefficient (Wildman–Crippen LogP) is 4.21. The van der Waals surface area contributed by atoms with Crippen LogP contribution >= 0.6 is 0 Å². The molecule has 0 heterocycles. The smallest absolute Gasteiger partial charge is 0.387 e. The molecule has 2 rings (SSSR count).